The summed E-state index contributed by atoms with van der Waals surface area (Å²) in [5.41, 5.74) is 5.67. The molecule has 6 nitrogen and oxygen atoms in total. The third kappa shape index (κ3) is 3.72. The summed E-state index contributed by atoms with van der Waals surface area (Å²) in [5, 5.41) is 8.95. The highest BCUT2D eigenvalue weighted by Crippen LogP contribution is 2.46. The smallest absolute Gasteiger partial charge is 0.478 e. The number of halogens is 3. The zero-order valence-corrected chi connectivity index (χ0v) is 13.9. The summed E-state index contributed by atoms with van der Waals surface area (Å²) in [5.74, 6) is -1.96. The summed E-state index contributed by atoms with van der Waals surface area (Å²) < 4.78 is 40.2. The van der Waals surface area contributed by atoms with Crippen molar-refractivity contribution in [2.45, 2.75) is 27.3 Å². The summed E-state index contributed by atoms with van der Waals surface area (Å²) in [7, 11) is 0. The lowest BCUT2D eigenvalue weighted by Crippen LogP contribution is -2.66. The van der Waals surface area contributed by atoms with E-state index in [4.69, 9.17) is 5.73 Å². The number of fused-ring (bicyclic) bond motifs is 1. The molecule has 2 aliphatic heterocycles. The lowest BCUT2D eigenvalue weighted by atomic mass is 10.1. The third-order valence-corrected chi connectivity index (χ3v) is 6.36. The van der Waals surface area contributed by atoms with Gasteiger partial charge in [0.2, 0.25) is 5.91 Å². The SMILES string of the molecule is N[C@@H]1C(=O)N2C=C(C(=O)O)C(Sc3cccc(OC(F)(F)F)c3)S[C@H]12. The van der Waals surface area contributed by atoms with Crippen LogP contribution in [0.25, 0.3) is 0 Å². The molecular weight excluding hydrogens is 381 g/mol. The van der Waals surface area contributed by atoms with Gasteiger partial charge in [-0.05, 0) is 18.2 Å². The number of carboxylic acid groups (broad SMARTS) is 1. The molecule has 11 heteroatoms. The maximum Gasteiger partial charge on any atom is 0.573 e. The van der Waals surface area contributed by atoms with Crippen molar-refractivity contribution in [3.8, 4) is 5.75 Å². The molecule has 25 heavy (non-hydrogen) atoms. The number of nitrogens with two attached hydrogens (primary N) is 1. The first-order chi connectivity index (χ1) is 11.7. The predicted octanol–water partition coefficient (Wildman–Crippen LogP) is 2.21. The fraction of sp³-hybridized carbons (Fsp3) is 0.286. The van der Waals surface area contributed by atoms with Crippen LogP contribution in [0.2, 0.25) is 0 Å². The van der Waals surface area contributed by atoms with Gasteiger partial charge in [-0.1, -0.05) is 6.07 Å². The van der Waals surface area contributed by atoms with Crippen molar-refractivity contribution in [1.82, 2.24) is 4.90 Å². The minimum atomic E-state index is -4.81. The molecule has 0 spiro atoms. The highest BCUT2D eigenvalue weighted by atomic mass is 32.2. The van der Waals surface area contributed by atoms with Crippen molar-refractivity contribution in [2.75, 3.05) is 0 Å². The molecule has 2 heterocycles. The molecule has 3 atom stereocenters. The zero-order valence-electron chi connectivity index (χ0n) is 12.3. The van der Waals surface area contributed by atoms with Gasteiger partial charge >= 0.3 is 12.3 Å². The van der Waals surface area contributed by atoms with Crippen LogP contribution < -0.4 is 10.5 Å². The first kappa shape index (κ1) is 18.0. The molecule has 0 radical (unpaired) electrons. The van der Waals surface area contributed by atoms with Crippen molar-refractivity contribution in [3.05, 3.63) is 36.0 Å². The average Bonchev–Trinajstić information content (AvgIpc) is 2.52. The molecule has 3 N–H and O–H groups in total. The van der Waals surface area contributed by atoms with Gasteiger partial charge in [0.15, 0.2) is 0 Å². The molecule has 2 aliphatic rings. The number of aliphatic carboxylic acids is 1. The van der Waals surface area contributed by atoms with Gasteiger partial charge in [-0.2, -0.15) is 0 Å². The Labute approximate surface area is 148 Å². The largest absolute Gasteiger partial charge is 0.573 e. The van der Waals surface area contributed by atoms with Crippen LogP contribution in [0, 0.1) is 0 Å². The molecule has 1 unspecified atom stereocenters. The number of β-lactam (4-membered cyclic amide) rings is 1. The van der Waals surface area contributed by atoms with E-state index in [9.17, 15) is 27.9 Å². The van der Waals surface area contributed by atoms with Crippen molar-refractivity contribution < 1.29 is 32.6 Å². The van der Waals surface area contributed by atoms with E-state index in [1.165, 1.54) is 35.0 Å². The molecule has 1 aromatic rings. The van der Waals surface area contributed by atoms with Crippen molar-refractivity contribution in [3.63, 3.8) is 0 Å². The quantitative estimate of drug-likeness (QED) is 0.759. The zero-order chi connectivity index (χ0) is 18.4. The predicted molar refractivity (Wildman–Crippen MR) is 84.7 cm³/mol. The molecule has 1 aromatic carbocycles. The molecule has 3 rings (SSSR count). The van der Waals surface area contributed by atoms with Crippen LogP contribution in [-0.2, 0) is 9.59 Å². The Morgan fingerprint density at radius 2 is 2.12 bits per heavy atom. The van der Waals surface area contributed by atoms with E-state index in [0.717, 1.165) is 17.8 Å². The van der Waals surface area contributed by atoms with Gasteiger partial charge in [0.05, 0.1) is 10.2 Å². The van der Waals surface area contributed by atoms with E-state index in [1.54, 1.807) is 6.07 Å². The average molecular weight is 392 g/mol. The molecule has 1 amide bonds. The van der Waals surface area contributed by atoms with Crippen molar-refractivity contribution in [1.29, 1.82) is 0 Å². The Balaban J connectivity index is 1.81. The van der Waals surface area contributed by atoms with Crippen LogP contribution in [0.4, 0.5) is 13.2 Å². The maximum atomic E-state index is 12.3. The summed E-state index contributed by atoms with van der Waals surface area (Å²) in [6.45, 7) is 0. The number of thioether (sulfide) groups is 2. The van der Waals surface area contributed by atoms with E-state index in [-0.39, 0.29) is 16.9 Å². The van der Waals surface area contributed by atoms with E-state index in [0.29, 0.717) is 4.90 Å². The van der Waals surface area contributed by atoms with Gasteiger partial charge in [-0.15, -0.1) is 36.7 Å². The Morgan fingerprint density at radius 1 is 1.40 bits per heavy atom. The fourth-order valence-corrected chi connectivity index (χ4v) is 5.24. The maximum absolute atomic E-state index is 12.3. The van der Waals surface area contributed by atoms with Crippen molar-refractivity contribution >= 4 is 35.4 Å². The Bertz CT molecular complexity index is 756. The first-order valence-corrected chi connectivity index (χ1v) is 8.68. The van der Waals surface area contributed by atoms with Gasteiger partial charge in [-0.3, -0.25) is 4.79 Å². The minimum absolute atomic E-state index is 0.0337. The van der Waals surface area contributed by atoms with Crippen LogP contribution in [0.1, 0.15) is 0 Å². The normalized spacial score (nSPS) is 25.8. The van der Waals surface area contributed by atoms with Crippen LogP contribution >= 0.6 is 23.5 Å². The summed E-state index contributed by atoms with van der Waals surface area (Å²) in [4.78, 5) is 24.7. The number of carbonyl (C=O) groups is 2. The molecular formula is C14H11F3N2O4S2. The van der Waals surface area contributed by atoms with Crippen molar-refractivity contribution in [2.24, 2.45) is 5.73 Å². The van der Waals surface area contributed by atoms with E-state index < -0.39 is 28.7 Å². The Morgan fingerprint density at radius 3 is 2.76 bits per heavy atom. The second kappa shape index (κ2) is 6.46. The van der Waals surface area contributed by atoms with E-state index >= 15 is 0 Å². The number of rotatable bonds is 4. The molecule has 0 bridgehead atoms. The number of hydrogen-bond acceptors (Lipinski definition) is 6. The second-order valence-corrected chi connectivity index (χ2v) is 7.86. The summed E-state index contributed by atoms with van der Waals surface area (Å²) >= 11 is 2.23. The monoisotopic (exact) mass is 392 g/mol. The van der Waals surface area contributed by atoms with Gasteiger partial charge in [-0.25, -0.2) is 4.79 Å². The molecule has 0 aliphatic carbocycles. The highest BCUT2D eigenvalue weighted by molar-refractivity contribution is 8.17. The van der Waals surface area contributed by atoms with Gasteiger partial charge in [0.25, 0.3) is 0 Å². The number of carbonyl (C=O) groups excluding carboxylic acids is 1. The first-order valence-electron chi connectivity index (χ1n) is 6.86. The van der Waals surface area contributed by atoms with Gasteiger partial charge in [0.1, 0.15) is 17.2 Å². The highest BCUT2D eigenvalue weighted by Gasteiger charge is 2.50. The Hall–Kier alpha value is -1.85. The van der Waals surface area contributed by atoms with E-state index in [1.807, 2.05) is 0 Å². The molecule has 0 aromatic heterocycles. The number of ether oxygens (including phenoxy) is 1. The minimum Gasteiger partial charge on any atom is -0.478 e. The number of alkyl halides is 3. The number of nitrogens with zero attached hydrogens (tertiary/aromatic N) is 1. The molecule has 0 saturated carbocycles. The fourth-order valence-electron chi connectivity index (χ4n) is 2.32. The van der Waals surface area contributed by atoms with Crippen LogP contribution in [0.3, 0.4) is 0 Å². The lowest BCUT2D eigenvalue weighted by molar-refractivity contribution is -0.274. The van der Waals surface area contributed by atoms with E-state index in [2.05, 4.69) is 4.74 Å². The summed E-state index contributed by atoms with van der Waals surface area (Å²) in [6, 6.07) is 4.54. The lowest BCUT2D eigenvalue weighted by Gasteiger charge is -2.47. The standard InChI is InChI=1S/C14H11F3N2O4S2/c15-14(16,17)23-6-2-1-3-7(4-6)24-13-8(12(21)22)5-19-10(20)9(18)11(19)25-13/h1-5,9,11,13H,18H2,(H,21,22)/t9-,11-,13?/m1/s1. The van der Waals surface area contributed by atoms with Crippen LogP contribution in [-0.4, -0.2) is 44.2 Å². The summed E-state index contributed by atoms with van der Waals surface area (Å²) in [6.07, 6.45) is -3.57. The van der Waals surface area contributed by atoms with Gasteiger partial charge in [0, 0.05) is 11.1 Å². The van der Waals surface area contributed by atoms with Crippen LogP contribution in [0.5, 0.6) is 5.75 Å². The number of benzene rings is 1. The Kier molecular flexibility index (Phi) is 4.64. The van der Waals surface area contributed by atoms with Crippen LogP contribution in [0.15, 0.2) is 40.9 Å². The second-order valence-electron chi connectivity index (χ2n) is 5.16. The van der Waals surface area contributed by atoms with Gasteiger partial charge < -0.3 is 20.5 Å². The number of amides is 1. The number of hydrogen-bond donors (Lipinski definition) is 2. The molecule has 1 fully saturated rings. The topological polar surface area (TPSA) is 92.9 Å². The molecule has 1 saturated heterocycles. The third-order valence-electron chi connectivity index (χ3n) is 3.45. The molecule has 134 valence electrons. The number of carboxylic acids is 1.